The fourth-order valence-electron chi connectivity index (χ4n) is 2.48. The van der Waals surface area contributed by atoms with E-state index < -0.39 is 6.09 Å². The molecule has 0 aliphatic carbocycles. The number of aromatic nitrogens is 1. The molecule has 1 saturated heterocycles. The SMILES string of the molecule is O=C1CN(C(=O)O)CC1c1c[nH]c2ccccc12. The van der Waals surface area contributed by atoms with E-state index in [2.05, 4.69) is 4.98 Å². The summed E-state index contributed by atoms with van der Waals surface area (Å²) >= 11 is 0. The fourth-order valence-corrected chi connectivity index (χ4v) is 2.48. The Kier molecular flexibility index (Phi) is 2.33. The number of nitrogens with zero attached hydrogens (tertiary/aromatic N) is 1. The first kappa shape index (κ1) is 10.8. The highest BCUT2D eigenvalue weighted by atomic mass is 16.4. The van der Waals surface area contributed by atoms with E-state index in [9.17, 15) is 9.59 Å². The zero-order valence-electron chi connectivity index (χ0n) is 9.59. The van der Waals surface area contributed by atoms with Gasteiger partial charge in [-0.05, 0) is 11.6 Å². The number of benzene rings is 1. The Balaban J connectivity index is 2.00. The minimum atomic E-state index is -1.04. The summed E-state index contributed by atoms with van der Waals surface area (Å²) in [6, 6.07) is 7.71. The molecule has 3 rings (SSSR count). The molecular weight excluding hydrogens is 232 g/mol. The predicted molar refractivity (Wildman–Crippen MR) is 65.6 cm³/mol. The molecule has 2 N–H and O–H groups in total. The molecule has 1 fully saturated rings. The molecule has 5 heteroatoms. The van der Waals surface area contributed by atoms with Gasteiger partial charge in [-0.1, -0.05) is 18.2 Å². The molecule has 1 aromatic heterocycles. The molecule has 1 aromatic carbocycles. The van der Waals surface area contributed by atoms with Crippen molar-refractivity contribution in [2.75, 3.05) is 13.1 Å². The van der Waals surface area contributed by atoms with Gasteiger partial charge in [0.25, 0.3) is 0 Å². The van der Waals surface area contributed by atoms with Crippen LogP contribution in [0.4, 0.5) is 4.79 Å². The predicted octanol–water partition coefficient (Wildman–Crippen LogP) is 1.81. The second-order valence-corrected chi connectivity index (χ2v) is 4.47. The maximum absolute atomic E-state index is 11.9. The maximum atomic E-state index is 11.9. The quantitative estimate of drug-likeness (QED) is 0.803. The van der Waals surface area contributed by atoms with E-state index in [1.165, 1.54) is 0 Å². The van der Waals surface area contributed by atoms with Crippen molar-refractivity contribution < 1.29 is 14.7 Å². The molecule has 92 valence electrons. The van der Waals surface area contributed by atoms with Crippen molar-refractivity contribution in [3.05, 3.63) is 36.0 Å². The van der Waals surface area contributed by atoms with Gasteiger partial charge in [-0.3, -0.25) is 9.69 Å². The number of aromatic amines is 1. The lowest BCUT2D eigenvalue weighted by atomic mass is 9.97. The number of hydrogen-bond acceptors (Lipinski definition) is 2. The third-order valence-electron chi connectivity index (χ3n) is 3.41. The van der Waals surface area contributed by atoms with Gasteiger partial charge in [-0.15, -0.1) is 0 Å². The number of carbonyl (C=O) groups is 2. The van der Waals surface area contributed by atoms with Crippen molar-refractivity contribution in [2.24, 2.45) is 0 Å². The summed E-state index contributed by atoms with van der Waals surface area (Å²) in [4.78, 5) is 27.1. The molecule has 0 radical (unpaired) electrons. The Hall–Kier alpha value is -2.30. The van der Waals surface area contributed by atoms with Crippen LogP contribution in [0.2, 0.25) is 0 Å². The first-order valence-corrected chi connectivity index (χ1v) is 5.73. The third-order valence-corrected chi connectivity index (χ3v) is 3.41. The fraction of sp³-hybridized carbons (Fsp3) is 0.231. The Morgan fingerprint density at radius 2 is 2.17 bits per heavy atom. The minimum absolute atomic E-state index is 0.0144. The van der Waals surface area contributed by atoms with Crippen LogP contribution in [0.1, 0.15) is 11.5 Å². The van der Waals surface area contributed by atoms with Crippen LogP contribution >= 0.6 is 0 Å². The summed E-state index contributed by atoms with van der Waals surface area (Å²) in [5.41, 5.74) is 1.86. The van der Waals surface area contributed by atoms with Gasteiger partial charge in [0.05, 0.1) is 12.5 Å². The maximum Gasteiger partial charge on any atom is 0.407 e. The largest absolute Gasteiger partial charge is 0.465 e. The number of carboxylic acid groups (broad SMARTS) is 1. The number of rotatable bonds is 1. The molecule has 1 atom stereocenters. The van der Waals surface area contributed by atoms with Crippen molar-refractivity contribution in [1.82, 2.24) is 9.88 Å². The Bertz CT molecular complexity index is 632. The van der Waals surface area contributed by atoms with Gasteiger partial charge in [0.15, 0.2) is 5.78 Å². The van der Waals surface area contributed by atoms with Gasteiger partial charge in [0.2, 0.25) is 0 Å². The van der Waals surface area contributed by atoms with Crippen LogP contribution < -0.4 is 0 Å². The molecule has 1 aliphatic rings. The molecule has 0 bridgehead atoms. The number of nitrogens with one attached hydrogen (secondary N) is 1. The summed E-state index contributed by atoms with van der Waals surface area (Å²) in [6.07, 6.45) is 0.768. The number of Topliss-reactive ketones (excluding diaryl/α,β-unsaturated/α-hetero) is 1. The second-order valence-electron chi connectivity index (χ2n) is 4.47. The van der Waals surface area contributed by atoms with Gasteiger partial charge < -0.3 is 10.1 Å². The Labute approximate surface area is 103 Å². The topological polar surface area (TPSA) is 73.4 Å². The summed E-state index contributed by atoms with van der Waals surface area (Å²) in [7, 11) is 0. The first-order valence-electron chi connectivity index (χ1n) is 5.73. The van der Waals surface area contributed by atoms with Crippen molar-refractivity contribution in [2.45, 2.75) is 5.92 Å². The number of H-pyrrole nitrogens is 1. The standard InChI is InChI=1S/C13H12N2O3/c16-12-7-15(13(17)18)6-10(12)9-5-14-11-4-2-1-3-8(9)11/h1-5,10,14H,6-7H2,(H,17,18). The zero-order valence-corrected chi connectivity index (χ0v) is 9.59. The summed E-state index contributed by atoms with van der Waals surface area (Å²) in [6.45, 7) is 0.232. The van der Waals surface area contributed by atoms with Crippen molar-refractivity contribution in [1.29, 1.82) is 0 Å². The highest BCUT2D eigenvalue weighted by Gasteiger charge is 2.35. The molecule has 1 amide bonds. The summed E-state index contributed by atoms with van der Waals surface area (Å²) in [5.74, 6) is -0.389. The van der Waals surface area contributed by atoms with Gasteiger partial charge in [-0.2, -0.15) is 0 Å². The average Bonchev–Trinajstić information content (AvgIpc) is 2.92. The Morgan fingerprint density at radius 3 is 2.89 bits per heavy atom. The van der Waals surface area contributed by atoms with E-state index >= 15 is 0 Å². The van der Waals surface area contributed by atoms with Crippen molar-refractivity contribution in [3.63, 3.8) is 0 Å². The number of carbonyl (C=O) groups excluding carboxylic acids is 1. The highest BCUT2D eigenvalue weighted by molar-refractivity contribution is 5.97. The molecule has 2 heterocycles. The van der Waals surface area contributed by atoms with E-state index in [-0.39, 0.29) is 24.8 Å². The van der Waals surface area contributed by atoms with Crippen LogP contribution in [0.25, 0.3) is 10.9 Å². The van der Waals surface area contributed by atoms with E-state index in [1.54, 1.807) is 6.20 Å². The summed E-state index contributed by atoms with van der Waals surface area (Å²) in [5, 5.41) is 9.91. The molecular formula is C13H12N2O3. The van der Waals surface area contributed by atoms with Crippen LogP contribution in [0, 0.1) is 0 Å². The number of para-hydroxylation sites is 1. The van der Waals surface area contributed by atoms with E-state index in [1.807, 2.05) is 24.3 Å². The van der Waals surface area contributed by atoms with Crippen LogP contribution in [-0.2, 0) is 4.79 Å². The van der Waals surface area contributed by atoms with Crippen LogP contribution in [-0.4, -0.2) is 40.0 Å². The smallest absolute Gasteiger partial charge is 0.407 e. The molecule has 1 aliphatic heterocycles. The second kappa shape index (κ2) is 3.87. The number of amides is 1. The molecule has 0 saturated carbocycles. The van der Waals surface area contributed by atoms with Gasteiger partial charge in [0, 0.05) is 23.6 Å². The summed E-state index contributed by atoms with van der Waals surface area (Å²) < 4.78 is 0. The van der Waals surface area contributed by atoms with Crippen LogP contribution in [0.15, 0.2) is 30.5 Å². The van der Waals surface area contributed by atoms with E-state index in [4.69, 9.17) is 5.11 Å². The zero-order chi connectivity index (χ0) is 12.7. The molecule has 1 unspecified atom stereocenters. The third kappa shape index (κ3) is 1.55. The minimum Gasteiger partial charge on any atom is -0.465 e. The van der Waals surface area contributed by atoms with E-state index in [0.717, 1.165) is 21.4 Å². The molecule has 2 aromatic rings. The monoisotopic (exact) mass is 244 g/mol. The number of likely N-dealkylation sites (tertiary alicyclic amines) is 1. The van der Waals surface area contributed by atoms with E-state index in [0.29, 0.717) is 0 Å². The van der Waals surface area contributed by atoms with Crippen LogP contribution in [0.5, 0.6) is 0 Å². The molecule has 18 heavy (non-hydrogen) atoms. The lowest BCUT2D eigenvalue weighted by molar-refractivity contribution is -0.117. The number of hydrogen-bond donors (Lipinski definition) is 2. The van der Waals surface area contributed by atoms with Gasteiger partial charge >= 0.3 is 6.09 Å². The van der Waals surface area contributed by atoms with Crippen molar-refractivity contribution in [3.8, 4) is 0 Å². The molecule has 5 nitrogen and oxygen atoms in total. The average molecular weight is 244 g/mol. The van der Waals surface area contributed by atoms with Crippen LogP contribution in [0.3, 0.4) is 0 Å². The first-order chi connectivity index (χ1) is 8.66. The number of ketones is 1. The number of fused-ring (bicyclic) bond motifs is 1. The van der Waals surface area contributed by atoms with Gasteiger partial charge in [0.1, 0.15) is 0 Å². The molecule has 0 spiro atoms. The normalized spacial score (nSPS) is 19.7. The Morgan fingerprint density at radius 1 is 1.39 bits per heavy atom. The van der Waals surface area contributed by atoms with Gasteiger partial charge in [-0.25, -0.2) is 4.79 Å². The highest BCUT2D eigenvalue weighted by Crippen LogP contribution is 2.30. The lowest BCUT2D eigenvalue weighted by Gasteiger charge is -2.10. The lowest BCUT2D eigenvalue weighted by Crippen LogP contribution is -2.26. The van der Waals surface area contributed by atoms with Crippen molar-refractivity contribution >= 4 is 22.8 Å².